The zero-order chi connectivity index (χ0) is 65.0. The van der Waals surface area contributed by atoms with Crippen LogP contribution in [0.3, 0.4) is 0 Å². The maximum Gasteiger partial charge on any atom is 0.0424 e. The van der Waals surface area contributed by atoms with Crippen molar-refractivity contribution >= 4 is 150 Å². The smallest absolute Gasteiger partial charge is 0.0424 e. The first-order valence-corrected chi connectivity index (χ1v) is 52.6. The number of thiophene rings is 4. The number of unbranched alkanes of at least 4 members (excludes halogenated alkanes) is 36. The molecule has 0 nitrogen and oxygen atoms in total. The van der Waals surface area contributed by atoms with Gasteiger partial charge in [0.25, 0.3) is 0 Å². The van der Waals surface area contributed by atoms with E-state index in [0.717, 1.165) is 0 Å². The van der Waals surface area contributed by atoms with Crippen LogP contribution in [0.1, 0.15) is 312 Å². The fourth-order valence-corrected chi connectivity index (χ4v) is 24.9. The Balaban J connectivity index is 0.000000221. The number of rotatable bonds is 45. The van der Waals surface area contributed by atoms with E-state index in [1.54, 1.807) is 35.2 Å². The minimum atomic E-state index is -2.21. The predicted octanol–water partition coefficient (Wildman–Crippen LogP) is 31.6. The first-order valence-electron chi connectivity index (χ1n) is 39.2. The Morgan fingerprint density at radius 1 is 0.247 bits per heavy atom. The minimum absolute atomic E-state index is 1.21. The molecule has 0 unspecified atom stereocenters. The van der Waals surface area contributed by atoms with Crippen molar-refractivity contribution in [2.45, 2.75) is 332 Å². The van der Waals surface area contributed by atoms with Crippen molar-refractivity contribution in [3.8, 4) is 0 Å². The van der Waals surface area contributed by atoms with E-state index >= 15 is 0 Å². The van der Waals surface area contributed by atoms with E-state index in [-0.39, 0.29) is 0 Å². The molecule has 10 aromatic rings. The predicted molar refractivity (Wildman–Crippen MR) is 434 cm³/mol. The van der Waals surface area contributed by atoms with Crippen LogP contribution in [0.4, 0.5) is 0 Å². The molecule has 0 amide bonds. The number of fused-ring (bicyclic) bond motifs is 14. The van der Waals surface area contributed by atoms with Crippen LogP contribution in [0.5, 0.6) is 0 Å². The summed E-state index contributed by atoms with van der Waals surface area (Å²) in [7, 11) is 0. The SMILES string of the molecule is CCCCCCCCCCCCc1cc2c3cc(CCCCCCCCCCCC)c4c[c]([Sn]([CH3])([CH3])[CH3])sc4c3ccc2c2sc(C)cc12.CCCCCCCCCCCCc1cc2c3cc(CCCCCCCCCCCC)c4ccsc4c3ccc2c2sccc12. The van der Waals surface area contributed by atoms with Crippen molar-refractivity contribution in [1.82, 2.24) is 0 Å². The number of aryl methyl sites for hydroxylation is 5. The van der Waals surface area contributed by atoms with Crippen molar-refractivity contribution in [3.05, 3.63) is 111 Å². The third-order valence-corrected chi connectivity index (χ3v) is 34.6. The summed E-state index contributed by atoms with van der Waals surface area (Å²) in [6.45, 7) is 11.5. The standard InChI is InChI=1S/C43H59S2.C42H58S2.3CH3.Sn/c1-4-6-8-10-12-14-16-18-20-22-24-34-31-40-37(42-36(34)28-29-44-42)26-27-38-41(40)32-35(39-30-33(3)45-43(38)39)25-23-21-19-17-15-13-11-9-7-5-2;1-3-5-7-9-11-13-15-17-19-21-23-33-31-39-37(41-35(33)27-29-43-41)25-26-38-40(39)32-34(36-28-30-44-42(36)38)24-22-20-18-16-14-12-10-8-6-4-2;;;;/h26-28,30-32H,4-25H2,1-3H3;25-32H,3-24H2,1-2H3;3*1H3;. The van der Waals surface area contributed by atoms with Gasteiger partial charge in [0.15, 0.2) is 0 Å². The summed E-state index contributed by atoms with van der Waals surface area (Å²) in [4.78, 5) is 9.22. The van der Waals surface area contributed by atoms with Crippen molar-refractivity contribution in [2.75, 3.05) is 0 Å². The average molecular weight is 1430 g/mol. The van der Waals surface area contributed by atoms with Gasteiger partial charge in [-0.1, -0.05) is 220 Å². The molecular formula is C88H126S4Sn. The maximum atomic E-state index is 2.65. The molecule has 0 bridgehead atoms. The van der Waals surface area contributed by atoms with Gasteiger partial charge in [-0.2, -0.15) is 0 Å². The molecular weight excluding hydrogens is 1300 g/mol. The van der Waals surface area contributed by atoms with Gasteiger partial charge in [0, 0.05) is 20.2 Å². The quantitative estimate of drug-likeness (QED) is 0.0203. The molecule has 0 N–H and O–H groups in total. The van der Waals surface area contributed by atoms with Crippen LogP contribution in [0, 0.1) is 6.92 Å². The summed E-state index contributed by atoms with van der Waals surface area (Å²) in [5, 5.41) is 22.6. The Bertz CT molecular complexity index is 3680. The summed E-state index contributed by atoms with van der Waals surface area (Å²) >= 11 is 5.84. The zero-order valence-corrected chi connectivity index (χ0v) is 66.4. The fourth-order valence-electron chi connectivity index (χ4n) is 15.4. The molecule has 0 aliphatic rings. The van der Waals surface area contributed by atoms with Crippen LogP contribution in [0.2, 0.25) is 14.8 Å². The van der Waals surface area contributed by atoms with Crippen LogP contribution in [0.25, 0.3) is 83.4 Å². The van der Waals surface area contributed by atoms with E-state index in [1.807, 2.05) is 34.0 Å². The maximum absolute atomic E-state index is 2.65. The van der Waals surface area contributed by atoms with Gasteiger partial charge in [0.1, 0.15) is 0 Å². The van der Waals surface area contributed by atoms with E-state index in [9.17, 15) is 0 Å². The second kappa shape index (κ2) is 40.2. The number of hydrogen-bond donors (Lipinski definition) is 0. The topological polar surface area (TPSA) is 0 Å². The van der Waals surface area contributed by atoms with Gasteiger partial charge in [0.05, 0.1) is 0 Å². The molecule has 6 aromatic carbocycles. The Morgan fingerprint density at radius 2 is 0.505 bits per heavy atom. The summed E-state index contributed by atoms with van der Waals surface area (Å²) in [5.41, 5.74) is 6.35. The van der Waals surface area contributed by atoms with Gasteiger partial charge in [-0.15, -0.1) is 22.7 Å². The minimum Gasteiger partial charge on any atom is -0.143 e. The van der Waals surface area contributed by atoms with Crippen molar-refractivity contribution in [2.24, 2.45) is 0 Å². The summed E-state index contributed by atoms with van der Waals surface area (Å²) in [5.74, 6) is 0. The molecule has 4 aromatic heterocycles. The monoisotopic (exact) mass is 1430 g/mol. The van der Waals surface area contributed by atoms with E-state index in [2.05, 4.69) is 144 Å². The van der Waals surface area contributed by atoms with E-state index in [0.29, 0.717) is 0 Å². The Kier molecular flexibility index (Phi) is 32.1. The third-order valence-electron chi connectivity index (χ3n) is 21.1. The van der Waals surface area contributed by atoms with Gasteiger partial charge >= 0.3 is 237 Å². The van der Waals surface area contributed by atoms with Crippen LogP contribution in [-0.4, -0.2) is 18.4 Å². The van der Waals surface area contributed by atoms with E-state index < -0.39 is 18.4 Å². The van der Waals surface area contributed by atoms with Gasteiger partial charge in [-0.3, -0.25) is 0 Å². The van der Waals surface area contributed by atoms with Gasteiger partial charge in [-0.25, -0.2) is 0 Å². The van der Waals surface area contributed by atoms with Gasteiger partial charge < -0.3 is 0 Å². The van der Waals surface area contributed by atoms with Crippen molar-refractivity contribution in [3.63, 3.8) is 0 Å². The molecule has 0 aliphatic heterocycles. The normalized spacial score (nSPS) is 12.3. The first kappa shape index (κ1) is 74.2. The van der Waals surface area contributed by atoms with Crippen LogP contribution < -0.4 is 2.89 Å². The molecule has 0 saturated carbocycles. The molecule has 10 rings (SSSR count). The van der Waals surface area contributed by atoms with Gasteiger partial charge in [-0.05, 0) is 93.4 Å². The summed E-state index contributed by atoms with van der Waals surface area (Å²) in [6, 6.07) is 30.2. The molecule has 0 spiro atoms. The Hall–Kier alpha value is -3.00. The molecule has 93 heavy (non-hydrogen) atoms. The van der Waals surface area contributed by atoms with Crippen molar-refractivity contribution in [1.29, 1.82) is 0 Å². The van der Waals surface area contributed by atoms with E-state index in [4.69, 9.17) is 0 Å². The van der Waals surface area contributed by atoms with Crippen LogP contribution in [0.15, 0.2) is 83.6 Å². The average Bonchev–Trinajstić information content (AvgIpc) is 1.71. The molecule has 506 valence electrons. The summed E-state index contributed by atoms with van der Waals surface area (Å²) in [6.07, 6.45) is 60.9. The second-order valence-corrected chi connectivity index (χ2v) is 49.5. The largest absolute Gasteiger partial charge is 0.143 e. The fraction of sp³-hybridized carbons (Fsp3) is 0.591. The molecule has 4 heterocycles. The number of hydrogen-bond acceptors (Lipinski definition) is 4. The van der Waals surface area contributed by atoms with Crippen LogP contribution in [-0.2, 0) is 25.7 Å². The molecule has 0 fully saturated rings. The zero-order valence-electron chi connectivity index (χ0n) is 60.3. The third kappa shape index (κ3) is 21.5. The molecule has 0 radical (unpaired) electrons. The molecule has 0 aliphatic carbocycles. The molecule has 0 atom stereocenters. The second-order valence-electron chi connectivity index (χ2n) is 29.9. The number of benzene rings is 6. The van der Waals surface area contributed by atoms with Crippen LogP contribution >= 0.6 is 45.3 Å². The Morgan fingerprint density at radius 3 is 0.806 bits per heavy atom. The van der Waals surface area contributed by atoms with E-state index in [1.165, 1.54) is 361 Å². The van der Waals surface area contributed by atoms with Crippen molar-refractivity contribution < 1.29 is 0 Å². The molecule has 0 saturated heterocycles. The van der Waals surface area contributed by atoms with Gasteiger partial charge in [0.2, 0.25) is 0 Å². The summed E-state index contributed by atoms with van der Waals surface area (Å²) < 4.78 is 7.81. The molecule has 5 heteroatoms. The Labute approximate surface area is 587 Å². The first-order chi connectivity index (χ1) is 45.6.